The van der Waals surface area contributed by atoms with E-state index in [1.807, 2.05) is 0 Å². The molecule has 10 aromatic carbocycles. The van der Waals surface area contributed by atoms with Crippen LogP contribution in [0.4, 0.5) is 17.1 Å². The fraction of sp³-hybridized carbons (Fsp3) is 0. The summed E-state index contributed by atoms with van der Waals surface area (Å²) in [6.45, 7) is 0. The van der Waals surface area contributed by atoms with Crippen molar-refractivity contribution in [3.05, 3.63) is 255 Å². The zero-order chi connectivity index (χ0) is 41.2. The van der Waals surface area contributed by atoms with Crippen molar-refractivity contribution in [2.45, 2.75) is 0 Å². The van der Waals surface area contributed by atoms with Gasteiger partial charge in [0.2, 0.25) is 0 Å². The second kappa shape index (κ2) is 16.1. The Hall–Kier alpha value is -8.20. The highest BCUT2D eigenvalue weighted by Gasteiger charge is 2.22. The molecule has 0 bridgehead atoms. The number of para-hydroxylation sites is 1. The summed E-state index contributed by atoms with van der Waals surface area (Å²) < 4.78 is 2.48. The first-order valence-corrected chi connectivity index (χ1v) is 21.3. The lowest BCUT2D eigenvalue weighted by atomic mass is 9.96. The predicted molar refractivity (Wildman–Crippen MR) is 263 cm³/mol. The number of fused-ring (bicyclic) bond motifs is 3. The normalized spacial score (nSPS) is 11.2. The van der Waals surface area contributed by atoms with Crippen LogP contribution >= 0.6 is 0 Å². The Morgan fingerprint density at radius 3 is 1.31 bits per heavy atom. The fourth-order valence-corrected chi connectivity index (χ4v) is 9.00. The number of anilines is 3. The largest absolute Gasteiger partial charge is 0.310 e. The summed E-state index contributed by atoms with van der Waals surface area (Å²) in [7, 11) is 0. The van der Waals surface area contributed by atoms with Crippen LogP contribution in [0.2, 0.25) is 0 Å². The van der Waals surface area contributed by atoms with E-state index in [1.54, 1.807) is 0 Å². The molecular weight excluding hydrogens is 749 g/mol. The molecule has 0 unspecified atom stereocenters. The second-order valence-corrected chi connectivity index (χ2v) is 15.7. The van der Waals surface area contributed by atoms with Crippen molar-refractivity contribution in [1.82, 2.24) is 4.57 Å². The maximum absolute atomic E-state index is 2.48. The van der Waals surface area contributed by atoms with E-state index in [9.17, 15) is 0 Å². The van der Waals surface area contributed by atoms with E-state index in [0.717, 1.165) is 44.9 Å². The van der Waals surface area contributed by atoms with Crippen LogP contribution in [-0.4, -0.2) is 4.57 Å². The van der Waals surface area contributed by atoms with E-state index in [-0.39, 0.29) is 0 Å². The molecule has 1 heterocycles. The average molecular weight is 791 g/mol. The van der Waals surface area contributed by atoms with E-state index in [2.05, 4.69) is 264 Å². The Labute approximate surface area is 362 Å². The summed E-state index contributed by atoms with van der Waals surface area (Å²) in [5.74, 6) is 0. The van der Waals surface area contributed by atoms with Gasteiger partial charge < -0.3 is 9.47 Å². The molecule has 62 heavy (non-hydrogen) atoms. The van der Waals surface area contributed by atoms with Gasteiger partial charge in [-0.15, -0.1) is 0 Å². The number of hydrogen-bond donors (Lipinski definition) is 0. The van der Waals surface area contributed by atoms with Crippen LogP contribution in [0.3, 0.4) is 0 Å². The lowest BCUT2D eigenvalue weighted by Crippen LogP contribution is -2.11. The monoisotopic (exact) mass is 790 g/mol. The van der Waals surface area contributed by atoms with E-state index in [4.69, 9.17) is 0 Å². The molecular formula is C60H42N2. The number of rotatable bonds is 9. The van der Waals surface area contributed by atoms with Crippen LogP contribution in [0, 0.1) is 0 Å². The van der Waals surface area contributed by atoms with Crippen molar-refractivity contribution in [2.24, 2.45) is 0 Å². The van der Waals surface area contributed by atoms with Crippen molar-refractivity contribution in [3.63, 3.8) is 0 Å². The second-order valence-electron chi connectivity index (χ2n) is 15.7. The molecule has 2 nitrogen and oxygen atoms in total. The topological polar surface area (TPSA) is 8.17 Å². The molecule has 0 saturated heterocycles. The maximum Gasteiger partial charge on any atom is 0.0562 e. The quantitative estimate of drug-likeness (QED) is 0.141. The first kappa shape index (κ1) is 36.8. The van der Waals surface area contributed by atoms with Crippen LogP contribution < -0.4 is 4.90 Å². The SMILES string of the molecule is c1ccc(-c2ccc(N(c3ccc4c5ccccc5n(-c5cc(-c6ccccc6)ccc5-c5ccccc5)c4c3)c3ccc(-c4ccccc4)cc3-c3ccccc3)cc2)cc1. The van der Waals surface area contributed by atoms with Crippen molar-refractivity contribution in [2.75, 3.05) is 4.90 Å². The summed E-state index contributed by atoms with van der Waals surface area (Å²) in [6, 6.07) is 92.2. The van der Waals surface area contributed by atoms with Gasteiger partial charge in [0.05, 0.1) is 22.4 Å². The fourth-order valence-electron chi connectivity index (χ4n) is 9.00. The molecule has 0 aliphatic carbocycles. The van der Waals surface area contributed by atoms with Gasteiger partial charge in [-0.2, -0.15) is 0 Å². The lowest BCUT2D eigenvalue weighted by Gasteiger charge is -2.29. The van der Waals surface area contributed by atoms with Gasteiger partial charge in [-0.05, 0) is 93.0 Å². The Morgan fingerprint density at radius 2 is 0.694 bits per heavy atom. The van der Waals surface area contributed by atoms with E-state index < -0.39 is 0 Å². The van der Waals surface area contributed by atoms with Crippen molar-refractivity contribution in [3.8, 4) is 61.3 Å². The molecule has 0 aliphatic heterocycles. The van der Waals surface area contributed by atoms with Gasteiger partial charge in [-0.1, -0.05) is 206 Å². The van der Waals surface area contributed by atoms with Crippen molar-refractivity contribution in [1.29, 1.82) is 0 Å². The number of aromatic nitrogens is 1. The molecule has 0 amide bonds. The molecule has 0 aliphatic rings. The molecule has 0 spiro atoms. The zero-order valence-corrected chi connectivity index (χ0v) is 34.1. The van der Waals surface area contributed by atoms with Crippen LogP contribution in [0.5, 0.6) is 0 Å². The van der Waals surface area contributed by atoms with Crippen LogP contribution in [0.15, 0.2) is 255 Å². The molecule has 11 rings (SSSR count). The molecule has 1 aromatic heterocycles. The minimum Gasteiger partial charge on any atom is -0.310 e. The summed E-state index contributed by atoms with van der Waals surface area (Å²) in [5, 5.41) is 2.42. The third-order valence-electron chi connectivity index (χ3n) is 12.0. The van der Waals surface area contributed by atoms with E-state index in [1.165, 1.54) is 55.3 Å². The smallest absolute Gasteiger partial charge is 0.0562 e. The Kier molecular flexibility index (Phi) is 9.57. The summed E-state index contributed by atoms with van der Waals surface area (Å²) in [6.07, 6.45) is 0. The standard InChI is InChI=1S/C60H42N2/c1-6-18-43(19-7-1)46-30-34-51(35-31-46)61(58-39-33-49(44-20-8-2-9-21-44)40-56(58)48-26-14-5-15-27-48)52-36-38-55-54-28-16-17-29-57(54)62(60(55)42-52)59-41-50(45-22-10-3-11-23-45)32-37-53(59)47-24-12-4-13-25-47/h1-42H. The van der Waals surface area contributed by atoms with Gasteiger partial charge in [0.25, 0.3) is 0 Å². The summed E-state index contributed by atoms with van der Waals surface area (Å²) in [5.41, 5.74) is 18.4. The van der Waals surface area contributed by atoms with Crippen LogP contribution in [0.25, 0.3) is 83.1 Å². The summed E-state index contributed by atoms with van der Waals surface area (Å²) in [4.78, 5) is 2.44. The first-order chi connectivity index (χ1) is 30.8. The first-order valence-electron chi connectivity index (χ1n) is 21.3. The highest BCUT2D eigenvalue weighted by molar-refractivity contribution is 6.11. The van der Waals surface area contributed by atoms with Crippen molar-refractivity contribution >= 4 is 38.9 Å². The third kappa shape index (κ3) is 6.84. The summed E-state index contributed by atoms with van der Waals surface area (Å²) >= 11 is 0. The minimum absolute atomic E-state index is 1.07. The van der Waals surface area contributed by atoms with Crippen LogP contribution in [-0.2, 0) is 0 Å². The number of nitrogens with zero attached hydrogens (tertiary/aromatic N) is 2. The van der Waals surface area contributed by atoms with Gasteiger partial charge >= 0.3 is 0 Å². The third-order valence-corrected chi connectivity index (χ3v) is 12.0. The minimum atomic E-state index is 1.07. The molecule has 11 aromatic rings. The average Bonchev–Trinajstić information content (AvgIpc) is 3.69. The molecule has 0 fully saturated rings. The predicted octanol–water partition coefficient (Wildman–Crippen LogP) is 16.6. The Balaban J connectivity index is 1.18. The lowest BCUT2D eigenvalue weighted by molar-refractivity contribution is 1.18. The molecule has 292 valence electrons. The van der Waals surface area contributed by atoms with Gasteiger partial charge in [-0.25, -0.2) is 0 Å². The van der Waals surface area contributed by atoms with Gasteiger partial charge in [0.15, 0.2) is 0 Å². The molecule has 0 saturated carbocycles. The zero-order valence-electron chi connectivity index (χ0n) is 34.1. The van der Waals surface area contributed by atoms with Gasteiger partial charge in [0.1, 0.15) is 0 Å². The maximum atomic E-state index is 2.48. The molecule has 2 heteroatoms. The Morgan fingerprint density at radius 1 is 0.258 bits per heavy atom. The Bertz CT molecular complexity index is 3300. The molecule has 0 atom stereocenters. The molecule has 0 radical (unpaired) electrons. The number of benzene rings is 10. The van der Waals surface area contributed by atoms with Gasteiger partial charge in [0, 0.05) is 33.3 Å². The van der Waals surface area contributed by atoms with Gasteiger partial charge in [-0.3, -0.25) is 0 Å². The van der Waals surface area contributed by atoms with E-state index >= 15 is 0 Å². The highest BCUT2D eigenvalue weighted by atomic mass is 15.1. The van der Waals surface area contributed by atoms with Crippen LogP contribution in [0.1, 0.15) is 0 Å². The van der Waals surface area contributed by atoms with E-state index in [0.29, 0.717) is 0 Å². The highest BCUT2D eigenvalue weighted by Crippen LogP contribution is 2.46. The molecule has 0 N–H and O–H groups in total. The van der Waals surface area contributed by atoms with Crippen molar-refractivity contribution < 1.29 is 0 Å². The number of hydrogen-bond acceptors (Lipinski definition) is 1.